The van der Waals surface area contributed by atoms with Crippen LogP contribution in [0, 0.1) is 0 Å². The SMILES string of the molecule is O=C(OCCCCOC(=O)OCCCN1C(=O)c2cccc3cccc(c23)C1=O)OCCCN1Cc2cccc3cccc(c23)C1. The number of nitrogens with zero attached hydrogens (tertiary/aromatic N) is 2. The molecule has 0 aromatic heterocycles. The second-order valence-electron chi connectivity index (χ2n) is 11.4. The van der Waals surface area contributed by atoms with Gasteiger partial charge in [-0.05, 0) is 65.1 Å². The third kappa shape index (κ3) is 6.97. The zero-order chi connectivity index (χ0) is 31.9. The lowest BCUT2D eigenvalue weighted by atomic mass is 9.94. The monoisotopic (exact) mass is 624 g/mol. The summed E-state index contributed by atoms with van der Waals surface area (Å²) in [6.07, 6.45) is 0.420. The topological polar surface area (TPSA) is 112 Å². The molecule has 0 radical (unpaired) electrons. The largest absolute Gasteiger partial charge is 0.508 e. The van der Waals surface area contributed by atoms with E-state index in [9.17, 15) is 19.2 Å². The highest BCUT2D eigenvalue weighted by atomic mass is 16.7. The molecular weight excluding hydrogens is 588 g/mol. The average Bonchev–Trinajstić information content (AvgIpc) is 3.07. The number of carbonyl (C=O) groups is 4. The van der Waals surface area contributed by atoms with Crippen LogP contribution in [0.4, 0.5) is 9.59 Å². The fourth-order valence-electron chi connectivity index (χ4n) is 6.16. The van der Waals surface area contributed by atoms with Gasteiger partial charge in [0.15, 0.2) is 0 Å². The van der Waals surface area contributed by atoms with Gasteiger partial charge in [0.25, 0.3) is 11.8 Å². The first-order valence-electron chi connectivity index (χ1n) is 15.7. The number of unbranched alkanes of at least 4 members (excludes halogenated alkanes) is 1. The maximum Gasteiger partial charge on any atom is 0.508 e. The molecule has 0 spiro atoms. The summed E-state index contributed by atoms with van der Waals surface area (Å²) in [7, 11) is 0. The molecule has 4 aromatic carbocycles. The van der Waals surface area contributed by atoms with E-state index in [2.05, 4.69) is 41.3 Å². The predicted octanol–water partition coefficient (Wildman–Crippen LogP) is 6.47. The van der Waals surface area contributed by atoms with Crippen LogP contribution < -0.4 is 0 Å². The van der Waals surface area contributed by atoms with Crippen LogP contribution >= 0.6 is 0 Å². The number of ether oxygens (including phenoxy) is 4. The molecule has 4 aromatic rings. The van der Waals surface area contributed by atoms with Crippen LogP contribution in [0.1, 0.15) is 57.5 Å². The molecule has 0 fully saturated rings. The summed E-state index contributed by atoms with van der Waals surface area (Å²) < 4.78 is 20.5. The van der Waals surface area contributed by atoms with Gasteiger partial charge in [-0.3, -0.25) is 19.4 Å². The number of hydrogen-bond acceptors (Lipinski definition) is 9. The van der Waals surface area contributed by atoms with Crippen LogP contribution in [0.25, 0.3) is 21.5 Å². The van der Waals surface area contributed by atoms with Gasteiger partial charge in [0.1, 0.15) is 0 Å². The van der Waals surface area contributed by atoms with Gasteiger partial charge in [-0.2, -0.15) is 0 Å². The van der Waals surface area contributed by atoms with E-state index in [4.69, 9.17) is 18.9 Å². The Hall–Kier alpha value is -4.96. The Morgan fingerprint density at radius 1 is 0.543 bits per heavy atom. The molecule has 0 unspecified atom stereocenters. The van der Waals surface area contributed by atoms with Gasteiger partial charge in [0.05, 0.1) is 26.4 Å². The number of hydrogen-bond donors (Lipinski definition) is 0. The van der Waals surface area contributed by atoms with E-state index in [1.165, 1.54) is 26.8 Å². The van der Waals surface area contributed by atoms with Crippen molar-refractivity contribution in [2.24, 2.45) is 0 Å². The van der Waals surface area contributed by atoms with Crippen LogP contribution in [0.15, 0.2) is 72.8 Å². The predicted molar refractivity (Wildman–Crippen MR) is 170 cm³/mol. The molecule has 10 nitrogen and oxygen atoms in total. The molecule has 46 heavy (non-hydrogen) atoms. The minimum atomic E-state index is -0.833. The standard InChI is InChI=1S/C36H36N2O8/c39-33-29-15-5-11-26-12-6-16-30(32(26)29)34(40)38(33)18-8-22-46-36(42)44-20-2-1-19-43-35(41)45-21-7-17-37-23-27-13-3-9-25-10-4-14-28(24-37)31(25)27/h3-6,9-16H,1-2,7-8,17-24H2. The van der Waals surface area contributed by atoms with Crippen LogP contribution in [0.2, 0.25) is 0 Å². The Morgan fingerprint density at radius 3 is 1.50 bits per heavy atom. The molecule has 0 saturated heterocycles. The highest BCUT2D eigenvalue weighted by Crippen LogP contribution is 2.31. The van der Waals surface area contributed by atoms with Gasteiger partial charge in [-0.15, -0.1) is 0 Å². The Balaban J connectivity index is 0.789. The summed E-state index contributed by atoms with van der Waals surface area (Å²) in [5.41, 5.74) is 3.63. The van der Waals surface area contributed by atoms with Crippen molar-refractivity contribution in [2.75, 3.05) is 39.5 Å². The summed E-state index contributed by atoms with van der Waals surface area (Å²) in [6, 6.07) is 23.6. The highest BCUT2D eigenvalue weighted by Gasteiger charge is 2.32. The molecule has 10 heteroatoms. The van der Waals surface area contributed by atoms with E-state index < -0.39 is 12.3 Å². The van der Waals surface area contributed by atoms with E-state index in [0.29, 0.717) is 35.8 Å². The summed E-state index contributed by atoms with van der Waals surface area (Å²) in [4.78, 5) is 53.2. The van der Waals surface area contributed by atoms with Crippen molar-refractivity contribution in [1.82, 2.24) is 9.80 Å². The Labute approximate surface area is 266 Å². The van der Waals surface area contributed by atoms with Crippen LogP contribution in [-0.2, 0) is 32.0 Å². The van der Waals surface area contributed by atoms with Crippen LogP contribution in [0.5, 0.6) is 0 Å². The van der Waals surface area contributed by atoms with Crippen molar-refractivity contribution < 1.29 is 38.1 Å². The van der Waals surface area contributed by atoms with Crippen molar-refractivity contribution in [3.05, 3.63) is 95.1 Å². The van der Waals surface area contributed by atoms with Gasteiger partial charge in [-0.25, -0.2) is 9.59 Å². The highest BCUT2D eigenvalue weighted by molar-refractivity contribution is 6.25. The van der Waals surface area contributed by atoms with Crippen LogP contribution in [-0.4, -0.2) is 73.4 Å². The molecule has 0 bridgehead atoms. The van der Waals surface area contributed by atoms with Crippen LogP contribution in [0.3, 0.4) is 0 Å². The maximum atomic E-state index is 12.9. The van der Waals surface area contributed by atoms with Crippen molar-refractivity contribution in [2.45, 2.75) is 38.8 Å². The first kappa shape index (κ1) is 31.0. The van der Waals surface area contributed by atoms with E-state index in [1.807, 2.05) is 12.1 Å². The zero-order valence-electron chi connectivity index (χ0n) is 25.6. The van der Waals surface area contributed by atoms with E-state index in [1.54, 1.807) is 24.3 Å². The molecule has 0 aliphatic carbocycles. The molecule has 2 aliphatic heterocycles. The lowest BCUT2D eigenvalue weighted by molar-refractivity contribution is 0.0403. The molecule has 238 valence electrons. The zero-order valence-corrected chi connectivity index (χ0v) is 25.6. The van der Waals surface area contributed by atoms with Crippen molar-refractivity contribution >= 4 is 45.7 Å². The number of rotatable bonds is 13. The number of imide groups is 1. The molecule has 0 saturated carbocycles. The van der Waals surface area contributed by atoms with Gasteiger partial charge in [0.2, 0.25) is 0 Å². The minimum absolute atomic E-state index is 0.00210. The normalized spacial score (nSPS) is 14.0. The quantitative estimate of drug-likeness (QED) is 0.0938. The van der Waals surface area contributed by atoms with Gasteiger partial charge < -0.3 is 18.9 Å². The molecule has 6 rings (SSSR count). The Bertz CT molecular complexity index is 1680. The second-order valence-corrected chi connectivity index (χ2v) is 11.4. The van der Waals surface area contributed by atoms with Crippen molar-refractivity contribution in [3.8, 4) is 0 Å². The molecule has 2 amide bonds. The lowest BCUT2D eigenvalue weighted by Gasteiger charge is -2.29. The fourth-order valence-corrected chi connectivity index (χ4v) is 6.16. The lowest BCUT2D eigenvalue weighted by Crippen LogP contribution is -2.41. The molecule has 2 aliphatic rings. The third-order valence-corrected chi connectivity index (χ3v) is 8.28. The minimum Gasteiger partial charge on any atom is -0.434 e. The number of amides is 2. The van der Waals surface area contributed by atoms with Crippen molar-refractivity contribution in [1.29, 1.82) is 0 Å². The van der Waals surface area contributed by atoms with Gasteiger partial charge in [-0.1, -0.05) is 60.7 Å². The van der Waals surface area contributed by atoms with E-state index in [0.717, 1.165) is 25.0 Å². The Morgan fingerprint density at radius 2 is 0.978 bits per heavy atom. The van der Waals surface area contributed by atoms with Gasteiger partial charge >= 0.3 is 12.3 Å². The molecule has 0 atom stereocenters. The molecule has 2 heterocycles. The average molecular weight is 625 g/mol. The van der Waals surface area contributed by atoms with Crippen molar-refractivity contribution in [3.63, 3.8) is 0 Å². The van der Waals surface area contributed by atoms with Gasteiger partial charge in [0, 0.05) is 42.7 Å². The Kier molecular flexibility index (Phi) is 9.73. The fraction of sp³-hybridized carbons (Fsp3) is 0.333. The summed E-state index contributed by atoms with van der Waals surface area (Å²) in [5.74, 6) is -0.713. The second kappa shape index (κ2) is 14.4. The summed E-state index contributed by atoms with van der Waals surface area (Å²) in [5, 5.41) is 4.15. The number of benzene rings is 4. The van der Waals surface area contributed by atoms with E-state index in [-0.39, 0.29) is 51.2 Å². The maximum absolute atomic E-state index is 12.9. The number of carbonyl (C=O) groups excluding carboxylic acids is 4. The summed E-state index contributed by atoms with van der Waals surface area (Å²) in [6.45, 7) is 3.21. The first-order chi connectivity index (χ1) is 22.5. The third-order valence-electron chi connectivity index (χ3n) is 8.28. The summed E-state index contributed by atoms with van der Waals surface area (Å²) >= 11 is 0. The molecular formula is C36H36N2O8. The first-order valence-corrected chi connectivity index (χ1v) is 15.7. The smallest absolute Gasteiger partial charge is 0.434 e. The molecule has 0 N–H and O–H groups in total. The van der Waals surface area contributed by atoms with E-state index >= 15 is 0 Å².